The molecular weight excluding hydrogens is 80.0 g/mol. The molecule has 0 unspecified atom stereocenters. The Morgan fingerprint density at radius 2 is 2.67 bits per heavy atom. The van der Waals surface area contributed by atoms with E-state index in [0.717, 1.165) is 5.76 Å². The van der Waals surface area contributed by atoms with Crippen LogP contribution in [0.5, 0.6) is 0 Å². The van der Waals surface area contributed by atoms with E-state index in [2.05, 4.69) is 4.74 Å². The van der Waals surface area contributed by atoms with Crippen LogP contribution in [0, 0.1) is 0 Å². The van der Waals surface area contributed by atoms with Crippen LogP contribution in [0.15, 0.2) is 12.0 Å². The first-order chi connectivity index (χ1) is 2.89. The summed E-state index contributed by atoms with van der Waals surface area (Å²) >= 11 is 0. The van der Waals surface area contributed by atoms with E-state index in [1.165, 1.54) is 0 Å². The molecule has 1 aliphatic rings. The van der Waals surface area contributed by atoms with Gasteiger partial charge in [-0.3, -0.25) is 0 Å². The van der Waals surface area contributed by atoms with Crippen LogP contribution in [-0.2, 0) is 9.47 Å². The van der Waals surface area contributed by atoms with E-state index in [1.807, 2.05) is 6.92 Å². The lowest BCUT2D eigenvalue weighted by atomic mass is 10.7. The molecule has 0 fully saturated rings. The highest BCUT2D eigenvalue weighted by atomic mass is 16.7. The summed E-state index contributed by atoms with van der Waals surface area (Å²) in [7, 11) is 0. The van der Waals surface area contributed by atoms with Gasteiger partial charge >= 0.3 is 0 Å². The smallest absolute Gasteiger partial charge is 0.229 e. The molecule has 0 aliphatic carbocycles. The van der Waals surface area contributed by atoms with Gasteiger partial charge in [-0.05, 0) is 6.92 Å². The summed E-state index contributed by atoms with van der Waals surface area (Å²) in [6, 6.07) is 0. The van der Waals surface area contributed by atoms with Crippen LogP contribution in [0.4, 0.5) is 0 Å². The van der Waals surface area contributed by atoms with Gasteiger partial charge < -0.3 is 9.47 Å². The van der Waals surface area contributed by atoms with E-state index in [4.69, 9.17) is 4.74 Å². The van der Waals surface area contributed by atoms with Crippen molar-refractivity contribution in [2.45, 2.75) is 6.92 Å². The lowest BCUT2D eigenvalue weighted by Gasteiger charge is -1.87. The fourth-order valence-electron chi connectivity index (χ4n) is 0.312. The zero-order valence-electron chi connectivity index (χ0n) is 3.60. The third-order valence-electron chi connectivity index (χ3n) is 0.604. The van der Waals surface area contributed by atoms with Gasteiger partial charge in [0.15, 0.2) is 0 Å². The monoisotopic (exact) mass is 86.0 g/mol. The summed E-state index contributed by atoms with van der Waals surface area (Å²) in [4.78, 5) is 0. The van der Waals surface area contributed by atoms with Crippen molar-refractivity contribution in [2.75, 3.05) is 6.79 Å². The fourth-order valence-corrected chi connectivity index (χ4v) is 0.312. The van der Waals surface area contributed by atoms with Crippen molar-refractivity contribution in [3.63, 3.8) is 0 Å². The van der Waals surface area contributed by atoms with E-state index in [9.17, 15) is 0 Å². The van der Waals surface area contributed by atoms with Gasteiger partial charge in [0.2, 0.25) is 6.79 Å². The van der Waals surface area contributed by atoms with Crippen LogP contribution in [0.2, 0.25) is 0 Å². The SMILES string of the molecule is CC1=COCO1. The van der Waals surface area contributed by atoms with Crippen LogP contribution < -0.4 is 0 Å². The zero-order chi connectivity index (χ0) is 4.41. The summed E-state index contributed by atoms with van der Waals surface area (Å²) in [5, 5.41) is 0. The molecule has 0 atom stereocenters. The highest BCUT2D eigenvalue weighted by Crippen LogP contribution is 2.02. The first-order valence-corrected chi connectivity index (χ1v) is 1.81. The average molecular weight is 86.1 g/mol. The van der Waals surface area contributed by atoms with Crippen LogP contribution in [0.3, 0.4) is 0 Å². The number of ether oxygens (including phenoxy) is 2. The van der Waals surface area contributed by atoms with Crippen LogP contribution in [0.1, 0.15) is 6.92 Å². The Hall–Kier alpha value is -0.660. The molecule has 0 radical (unpaired) electrons. The molecule has 1 rings (SSSR count). The van der Waals surface area contributed by atoms with E-state index < -0.39 is 0 Å². The topological polar surface area (TPSA) is 18.5 Å². The molecule has 0 aromatic heterocycles. The molecule has 34 valence electrons. The normalized spacial score (nSPS) is 18.5. The summed E-state index contributed by atoms with van der Waals surface area (Å²) < 4.78 is 9.46. The summed E-state index contributed by atoms with van der Waals surface area (Å²) in [6.07, 6.45) is 1.60. The lowest BCUT2D eigenvalue weighted by Crippen LogP contribution is -1.78. The van der Waals surface area contributed by atoms with Crippen molar-refractivity contribution in [1.29, 1.82) is 0 Å². The predicted molar refractivity (Wildman–Crippen MR) is 20.8 cm³/mol. The highest BCUT2D eigenvalue weighted by Gasteiger charge is 1.94. The molecule has 0 saturated carbocycles. The maximum atomic E-state index is 4.79. The molecular formula is C4H6O2. The molecule has 2 heteroatoms. The Morgan fingerprint density at radius 3 is 2.83 bits per heavy atom. The van der Waals surface area contributed by atoms with Gasteiger partial charge in [0.25, 0.3) is 0 Å². The lowest BCUT2D eigenvalue weighted by molar-refractivity contribution is 0.0813. The van der Waals surface area contributed by atoms with Gasteiger partial charge in [-0.1, -0.05) is 0 Å². The minimum Gasteiger partial charge on any atom is -0.462 e. The summed E-state index contributed by atoms with van der Waals surface area (Å²) in [5.74, 6) is 0.856. The van der Waals surface area contributed by atoms with Crippen LogP contribution in [-0.4, -0.2) is 6.79 Å². The van der Waals surface area contributed by atoms with E-state index in [-0.39, 0.29) is 0 Å². The summed E-state index contributed by atoms with van der Waals surface area (Å²) in [5.41, 5.74) is 0. The standard InChI is InChI=1S/C4H6O2/c1-4-2-5-3-6-4/h2H,3H2,1H3. The Morgan fingerprint density at radius 1 is 1.83 bits per heavy atom. The van der Waals surface area contributed by atoms with Crippen molar-refractivity contribution in [2.24, 2.45) is 0 Å². The second-order valence-electron chi connectivity index (χ2n) is 1.16. The van der Waals surface area contributed by atoms with Gasteiger partial charge in [0.05, 0.1) is 0 Å². The molecule has 6 heavy (non-hydrogen) atoms. The van der Waals surface area contributed by atoms with E-state index in [1.54, 1.807) is 6.26 Å². The third-order valence-corrected chi connectivity index (χ3v) is 0.604. The fraction of sp³-hybridized carbons (Fsp3) is 0.500. The molecule has 1 heterocycles. The Balaban J connectivity index is 2.45. The van der Waals surface area contributed by atoms with Crippen molar-refractivity contribution < 1.29 is 9.47 Å². The predicted octanol–water partition coefficient (Wildman–Crippen LogP) is 0.852. The first-order valence-electron chi connectivity index (χ1n) is 1.81. The number of hydrogen-bond acceptors (Lipinski definition) is 2. The van der Waals surface area contributed by atoms with Crippen molar-refractivity contribution >= 4 is 0 Å². The molecule has 0 amide bonds. The van der Waals surface area contributed by atoms with E-state index in [0.29, 0.717) is 6.79 Å². The minimum absolute atomic E-state index is 0.395. The Kier molecular flexibility index (Phi) is 0.708. The molecule has 0 N–H and O–H groups in total. The maximum absolute atomic E-state index is 4.79. The number of allylic oxidation sites excluding steroid dienone is 1. The second kappa shape index (κ2) is 1.20. The van der Waals surface area contributed by atoms with Gasteiger partial charge in [0.1, 0.15) is 12.0 Å². The van der Waals surface area contributed by atoms with Crippen molar-refractivity contribution in [3.05, 3.63) is 12.0 Å². The molecule has 0 bridgehead atoms. The molecule has 1 aliphatic heterocycles. The number of hydrogen-bond donors (Lipinski definition) is 0. The molecule has 0 aromatic carbocycles. The quantitative estimate of drug-likeness (QED) is 0.435. The van der Waals surface area contributed by atoms with Gasteiger partial charge in [-0.25, -0.2) is 0 Å². The molecule has 0 saturated heterocycles. The van der Waals surface area contributed by atoms with Gasteiger partial charge in [0, 0.05) is 0 Å². The highest BCUT2D eigenvalue weighted by molar-refractivity contribution is 4.83. The largest absolute Gasteiger partial charge is 0.462 e. The Bertz CT molecular complexity index is 75.6. The van der Waals surface area contributed by atoms with Crippen LogP contribution >= 0.6 is 0 Å². The third kappa shape index (κ3) is 0.455. The second-order valence-corrected chi connectivity index (χ2v) is 1.16. The first kappa shape index (κ1) is 3.53. The maximum Gasteiger partial charge on any atom is 0.229 e. The Labute approximate surface area is 36.4 Å². The number of rotatable bonds is 0. The van der Waals surface area contributed by atoms with Gasteiger partial charge in [-0.2, -0.15) is 0 Å². The summed E-state index contributed by atoms with van der Waals surface area (Å²) in [6.45, 7) is 2.25. The van der Waals surface area contributed by atoms with Crippen LogP contribution in [0.25, 0.3) is 0 Å². The van der Waals surface area contributed by atoms with Crippen molar-refractivity contribution in [3.8, 4) is 0 Å². The molecule has 0 aromatic rings. The molecule has 2 nitrogen and oxygen atoms in total. The minimum atomic E-state index is 0.395. The van der Waals surface area contributed by atoms with Crippen molar-refractivity contribution in [1.82, 2.24) is 0 Å². The van der Waals surface area contributed by atoms with E-state index >= 15 is 0 Å². The van der Waals surface area contributed by atoms with Gasteiger partial charge in [-0.15, -0.1) is 0 Å². The average Bonchev–Trinajstić information content (AvgIpc) is 1.86. The molecule has 0 spiro atoms. The zero-order valence-corrected chi connectivity index (χ0v) is 3.60.